The summed E-state index contributed by atoms with van der Waals surface area (Å²) in [5.41, 5.74) is 5.60. The molecule has 8 nitrogen and oxygen atoms in total. The molecule has 2 aromatic heterocycles. The Morgan fingerprint density at radius 2 is 1.52 bits per heavy atom. The molecule has 4 N–H and O–H groups in total. The minimum absolute atomic E-state index is 0.0291. The van der Waals surface area contributed by atoms with Crippen molar-refractivity contribution in [3.63, 3.8) is 0 Å². The maximum Gasteiger partial charge on any atom is 0.280 e. The normalized spacial score (nSPS) is 12.0. The van der Waals surface area contributed by atoms with Gasteiger partial charge in [-0.15, -0.1) is 0 Å². The number of fused-ring (bicyclic) bond motifs is 1. The maximum absolute atomic E-state index is 11.4. The maximum atomic E-state index is 11.4. The van der Waals surface area contributed by atoms with Crippen molar-refractivity contribution < 1.29 is 9.84 Å². The van der Waals surface area contributed by atoms with Gasteiger partial charge in [-0.3, -0.25) is 14.3 Å². The third kappa shape index (κ3) is 10.5. The molecule has 0 aliphatic rings. The third-order valence-electron chi connectivity index (χ3n) is 6.20. The summed E-state index contributed by atoms with van der Waals surface area (Å²) in [4.78, 5) is 21.6. The number of nitrogens with zero attached hydrogens (tertiary/aromatic N) is 3. The van der Waals surface area contributed by atoms with Crippen molar-refractivity contribution in [2.75, 3.05) is 43.6 Å². The van der Waals surface area contributed by atoms with Crippen LogP contribution in [0.25, 0.3) is 11.2 Å². The average molecular weight is 486 g/mol. The summed E-state index contributed by atoms with van der Waals surface area (Å²) in [6.07, 6.45) is 19.6. The Balaban J connectivity index is 0.000000330. The molecule has 192 valence electrons. The zero-order valence-corrected chi connectivity index (χ0v) is 22.4. The van der Waals surface area contributed by atoms with Crippen LogP contribution in [0.5, 0.6) is 0 Å². The number of H-pyrrole nitrogens is 1. The molecule has 33 heavy (non-hydrogen) atoms. The van der Waals surface area contributed by atoms with Gasteiger partial charge in [-0.2, -0.15) is 4.98 Å². The van der Waals surface area contributed by atoms with Crippen molar-refractivity contribution in [1.82, 2.24) is 19.5 Å². The van der Waals surface area contributed by atoms with E-state index in [0.717, 1.165) is 0 Å². The Bertz CT molecular complexity index is 787. The molecule has 0 amide bonds. The number of rotatable bonds is 16. The van der Waals surface area contributed by atoms with E-state index >= 15 is 0 Å². The molecule has 0 aromatic carbocycles. The second kappa shape index (κ2) is 17.0. The number of nitrogens with one attached hydrogen (secondary N) is 1. The molecular weight excluding hydrogens is 437 g/mol. The van der Waals surface area contributed by atoms with Crippen LogP contribution >= 0.6 is 7.26 Å². The van der Waals surface area contributed by atoms with E-state index in [2.05, 4.69) is 42.6 Å². The number of anilines is 1. The fourth-order valence-corrected chi connectivity index (χ4v) is 10.2. The predicted molar refractivity (Wildman–Crippen MR) is 143 cm³/mol. The van der Waals surface area contributed by atoms with Gasteiger partial charge < -0.3 is 15.6 Å². The molecule has 0 saturated heterocycles. The molecule has 0 aliphatic carbocycles. The molecule has 0 atom stereocenters. The smallest absolute Gasteiger partial charge is 0.280 e. The molecule has 0 fully saturated rings. The zero-order valence-electron chi connectivity index (χ0n) is 21.4. The predicted octanol–water partition coefficient (Wildman–Crippen LogP) is 4.60. The zero-order chi connectivity index (χ0) is 24.5. The van der Waals surface area contributed by atoms with E-state index in [1.165, 1.54) is 62.3 Å². The summed E-state index contributed by atoms with van der Waals surface area (Å²) >= 11 is 0. The molecule has 2 aromatic rings. The molecule has 0 radical (unpaired) electrons. The Labute approximate surface area is 200 Å². The molecule has 0 bridgehead atoms. The molecule has 0 unspecified atom stereocenters. The number of unbranched alkanes of at least 4 members (excludes halogenated alkanes) is 4. The van der Waals surface area contributed by atoms with E-state index in [1.807, 2.05) is 0 Å². The Morgan fingerprint density at radius 3 is 1.97 bits per heavy atom. The van der Waals surface area contributed by atoms with Crippen LogP contribution in [0, 0.1) is 0 Å². The Kier molecular flexibility index (Phi) is 15.2. The number of aliphatic hydroxyl groups excluding tert-OH is 1. The first kappa shape index (κ1) is 29.5. The van der Waals surface area contributed by atoms with E-state index in [9.17, 15) is 4.79 Å². The summed E-state index contributed by atoms with van der Waals surface area (Å²) in [7, 11) is -0.879. The second-order valence-electron chi connectivity index (χ2n) is 9.01. The fourth-order valence-electron chi connectivity index (χ4n) is 4.25. The largest absolute Gasteiger partial charge is 0.394 e. The second-order valence-corrected chi connectivity index (χ2v) is 14.0. The van der Waals surface area contributed by atoms with Crippen LogP contribution in [0.1, 0.15) is 79.1 Å². The first-order valence-electron chi connectivity index (χ1n) is 12.9. The van der Waals surface area contributed by atoms with Crippen molar-refractivity contribution in [2.24, 2.45) is 0 Å². The van der Waals surface area contributed by atoms with Crippen molar-refractivity contribution in [3.05, 3.63) is 16.7 Å². The molecular formula is C24H48N5O3P. The summed E-state index contributed by atoms with van der Waals surface area (Å²) in [6, 6.07) is 0. The van der Waals surface area contributed by atoms with E-state index in [4.69, 9.17) is 15.6 Å². The van der Waals surface area contributed by atoms with Crippen molar-refractivity contribution >= 4 is 24.4 Å². The van der Waals surface area contributed by atoms with Crippen LogP contribution < -0.4 is 11.3 Å². The van der Waals surface area contributed by atoms with Gasteiger partial charge in [-0.1, -0.05) is 0 Å². The fraction of sp³-hybridized carbons (Fsp3) is 0.792. The number of hydrogen-bond acceptors (Lipinski definition) is 6. The van der Waals surface area contributed by atoms with Gasteiger partial charge in [0.2, 0.25) is 5.95 Å². The number of hydrogen-bond donors (Lipinski definition) is 3. The van der Waals surface area contributed by atoms with Crippen molar-refractivity contribution in [1.29, 1.82) is 0 Å². The van der Waals surface area contributed by atoms with Crippen LogP contribution in [0.4, 0.5) is 5.95 Å². The van der Waals surface area contributed by atoms with Gasteiger partial charge >= 0.3 is 111 Å². The molecule has 0 spiro atoms. The van der Waals surface area contributed by atoms with E-state index in [1.54, 1.807) is 24.6 Å². The summed E-state index contributed by atoms with van der Waals surface area (Å²) in [5.74, 6) is 0.0291. The van der Waals surface area contributed by atoms with Gasteiger partial charge in [-0.25, -0.2) is 4.98 Å². The van der Waals surface area contributed by atoms with Gasteiger partial charge in [0.1, 0.15) is 6.73 Å². The minimum atomic E-state index is -0.879. The van der Waals surface area contributed by atoms with E-state index < -0.39 is 7.26 Å². The minimum Gasteiger partial charge on any atom is -0.394 e. The number of nitrogens with two attached hydrogens (primary N) is 1. The number of nitrogen functional groups attached to an aromatic ring is 1. The molecule has 0 aliphatic heterocycles. The quantitative estimate of drug-likeness (QED) is 0.236. The molecule has 2 rings (SSSR count). The SMILES string of the molecule is CCCC[PH](CCCC)(CCCC)CCCC.Nc1nc2c(ncn2COCCO)c(=O)[nH]1. The summed E-state index contributed by atoms with van der Waals surface area (Å²) in [6.45, 7) is 9.74. The van der Waals surface area contributed by atoms with Crippen LogP contribution in [0.2, 0.25) is 0 Å². The van der Waals surface area contributed by atoms with Gasteiger partial charge in [0.15, 0.2) is 11.2 Å². The summed E-state index contributed by atoms with van der Waals surface area (Å²) in [5, 5.41) is 8.56. The van der Waals surface area contributed by atoms with Gasteiger partial charge in [-0.05, 0) is 0 Å². The molecule has 0 saturated carbocycles. The number of imidazole rings is 1. The number of aromatic amines is 1. The molecule has 9 heteroatoms. The first-order chi connectivity index (χ1) is 16.0. The van der Waals surface area contributed by atoms with E-state index in [0.29, 0.717) is 5.65 Å². The van der Waals surface area contributed by atoms with Crippen LogP contribution in [-0.2, 0) is 11.5 Å². The van der Waals surface area contributed by atoms with Crippen LogP contribution in [0.3, 0.4) is 0 Å². The van der Waals surface area contributed by atoms with E-state index in [-0.39, 0.29) is 37.0 Å². The van der Waals surface area contributed by atoms with Crippen LogP contribution in [0.15, 0.2) is 11.1 Å². The Morgan fingerprint density at radius 1 is 1.00 bits per heavy atom. The molecule has 2 heterocycles. The summed E-state index contributed by atoms with van der Waals surface area (Å²) < 4.78 is 6.63. The van der Waals surface area contributed by atoms with Gasteiger partial charge in [0.05, 0.1) is 19.5 Å². The number of ether oxygens (including phenoxy) is 1. The first-order valence-corrected chi connectivity index (χ1v) is 15.7. The number of aliphatic hydroxyl groups is 1. The van der Waals surface area contributed by atoms with Crippen LogP contribution in [-0.4, -0.2) is 62.5 Å². The van der Waals surface area contributed by atoms with Crippen molar-refractivity contribution in [3.8, 4) is 0 Å². The van der Waals surface area contributed by atoms with Gasteiger partial charge in [0, 0.05) is 0 Å². The van der Waals surface area contributed by atoms with Crippen molar-refractivity contribution in [2.45, 2.75) is 85.8 Å². The Hall–Kier alpha value is -1.50. The van der Waals surface area contributed by atoms with Gasteiger partial charge in [0.25, 0.3) is 5.56 Å². The number of aromatic nitrogens is 4. The average Bonchev–Trinajstić information content (AvgIpc) is 3.22. The topological polar surface area (TPSA) is 119 Å². The standard InChI is InChI=1S/C16H37P.C8H11N5O3/c1-5-9-13-17(14-10-6-2,15-11-7-3)16-12-8-4;9-8-11-6-5(7(15)12-8)10-3-13(6)4-16-2-1-14/h17H,5-16H2,1-4H3;3,14H,1-2,4H2,(H3,9,11,12,15). The monoisotopic (exact) mass is 485 g/mol. The third-order valence-corrected chi connectivity index (χ3v) is 11.9.